The quantitative estimate of drug-likeness (QED) is 0.883. The van der Waals surface area contributed by atoms with Crippen LogP contribution >= 0.6 is 23.2 Å². The molecular formula is C13H11Cl2N3O2. The number of carbonyl (C=O) groups excluding carboxylic acids is 1. The second-order valence-corrected chi connectivity index (χ2v) is 4.79. The molecule has 20 heavy (non-hydrogen) atoms. The third kappa shape index (κ3) is 3.37. The van der Waals surface area contributed by atoms with E-state index in [9.17, 15) is 4.79 Å². The highest BCUT2D eigenvalue weighted by Crippen LogP contribution is 2.19. The van der Waals surface area contributed by atoms with Crippen molar-refractivity contribution in [3.05, 3.63) is 45.6 Å². The topological polar surface area (TPSA) is 64.1 Å². The van der Waals surface area contributed by atoms with Gasteiger partial charge >= 0.3 is 0 Å². The van der Waals surface area contributed by atoms with E-state index in [2.05, 4.69) is 15.3 Å². The minimum Gasteiger partial charge on any atom is -0.481 e. The summed E-state index contributed by atoms with van der Waals surface area (Å²) < 4.78 is 4.96. The van der Waals surface area contributed by atoms with Gasteiger partial charge in [0, 0.05) is 16.7 Å². The molecule has 0 aliphatic rings. The molecule has 1 aromatic heterocycles. The summed E-state index contributed by atoms with van der Waals surface area (Å²) in [4.78, 5) is 20.1. The summed E-state index contributed by atoms with van der Waals surface area (Å²) in [5.74, 6) is -0.0313. The predicted molar refractivity (Wildman–Crippen MR) is 77.7 cm³/mol. The highest BCUT2D eigenvalue weighted by Gasteiger charge is 2.12. The van der Waals surface area contributed by atoms with Gasteiger partial charge < -0.3 is 4.74 Å². The molecule has 0 unspecified atom stereocenters. The summed E-state index contributed by atoms with van der Waals surface area (Å²) in [5.41, 5.74) is 1.24. The van der Waals surface area contributed by atoms with Gasteiger partial charge in [-0.1, -0.05) is 29.3 Å². The number of hydrogen-bond donors (Lipinski definition) is 1. The first-order valence-corrected chi connectivity index (χ1v) is 6.41. The van der Waals surface area contributed by atoms with Crippen molar-refractivity contribution in [2.45, 2.75) is 6.92 Å². The number of nitrogens with zero attached hydrogens (tertiary/aromatic N) is 2. The molecule has 0 fully saturated rings. The van der Waals surface area contributed by atoms with Crippen LogP contribution in [0.5, 0.6) is 5.88 Å². The van der Waals surface area contributed by atoms with Crippen LogP contribution in [0.3, 0.4) is 0 Å². The number of hydrogen-bond acceptors (Lipinski definition) is 4. The van der Waals surface area contributed by atoms with Crippen molar-refractivity contribution in [2.75, 3.05) is 12.4 Å². The van der Waals surface area contributed by atoms with Crippen LogP contribution in [-0.4, -0.2) is 23.0 Å². The molecule has 7 heteroatoms. The van der Waals surface area contributed by atoms with E-state index in [1.807, 2.05) is 6.92 Å². The summed E-state index contributed by atoms with van der Waals surface area (Å²) in [6, 6.07) is 6.50. The second-order valence-electron chi connectivity index (χ2n) is 3.97. The molecular weight excluding hydrogens is 301 g/mol. The van der Waals surface area contributed by atoms with Crippen LogP contribution in [0, 0.1) is 6.92 Å². The van der Waals surface area contributed by atoms with Gasteiger partial charge in [0.1, 0.15) is 5.15 Å². The normalized spacial score (nSPS) is 10.2. The van der Waals surface area contributed by atoms with Crippen LogP contribution in [0.25, 0.3) is 0 Å². The minimum absolute atomic E-state index is 0.0683. The van der Waals surface area contributed by atoms with Crippen molar-refractivity contribution in [3.8, 4) is 5.88 Å². The van der Waals surface area contributed by atoms with Crippen LogP contribution in [0.15, 0.2) is 24.3 Å². The summed E-state index contributed by atoms with van der Waals surface area (Å²) in [6.07, 6.45) is 0. The Kier molecular flexibility index (Phi) is 4.42. The summed E-state index contributed by atoms with van der Waals surface area (Å²) in [5, 5.41) is 3.21. The Morgan fingerprint density at radius 2 is 2.00 bits per heavy atom. The van der Waals surface area contributed by atoms with E-state index in [0.717, 1.165) is 5.56 Å². The fourth-order valence-corrected chi connectivity index (χ4v) is 1.91. The number of halogens is 2. The van der Waals surface area contributed by atoms with Gasteiger partial charge in [-0.3, -0.25) is 10.1 Å². The Labute approximate surface area is 125 Å². The molecule has 104 valence electrons. The van der Waals surface area contributed by atoms with Gasteiger partial charge in [0.25, 0.3) is 5.91 Å². The molecule has 1 heterocycles. The van der Waals surface area contributed by atoms with Gasteiger partial charge in [-0.25, -0.2) is 4.98 Å². The number of amides is 1. The molecule has 5 nitrogen and oxygen atoms in total. The Morgan fingerprint density at radius 1 is 1.25 bits per heavy atom. The number of aryl methyl sites for hydroxylation is 1. The van der Waals surface area contributed by atoms with E-state index in [1.54, 1.807) is 18.2 Å². The van der Waals surface area contributed by atoms with Gasteiger partial charge in [0.15, 0.2) is 0 Å². The van der Waals surface area contributed by atoms with Gasteiger partial charge in [-0.05, 0) is 24.6 Å². The number of anilines is 1. The van der Waals surface area contributed by atoms with Crippen molar-refractivity contribution < 1.29 is 9.53 Å². The molecule has 0 bridgehead atoms. The molecule has 0 aliphatic carbocycles. The monoisotopic (exact) mass is 311 g/mol. The first kappa shape index (κ1) is 14.6. The van der Waals surface area contributed by atoms with Crippen LogP contribution in [0.1, 0.15) is 15.9 Å². The second kappa shape index (κ2) is 6.07. The van der Waals surface area contributed by atoms with E-state index in [0.29, 0.717) is 10.6 Å². The highest BCUT2D eigenvalue weighted by molar-refractivity contribution is 6.31. The van der Waals surface area contributed by atoms with Gasteiger partial charge in [-0.15, -0.1) is 0 Å². The predicted octanol–water partition coefficient (Wildman–Crippen LogP) is 3.35. The maximum absolute atomic E-state index is 12.2. The molecule has 0 atom stereocenters. The number of methoxy groups -OCH3 is 1. The number of benzene rings is 1. The highest BCUT2D eigenvalue weighted by atomic mass is 35.5. The maximum Gasteiger partial charge on any atom is 0.258 e. The molecule has 1 amide bonds. The Morgan fingerprint density at radius 3 is 2.70 bits per heavy atom. The average molecular weight is 312 g/mol. The van der Waals surface area contributed by atoms with Crippen LogP contribution in [0.2, 0.25) is 10.2 Å². The largest absolute Gasteiger partial charge is 0.481 e. The van der Waals surface area contributed by atoms with Gasteiger partial charge in [0.2, 0.25) is 11.8 Å². The third-order valence-corrected chi connectivity index (χ3v) is 2.98. The Balaban J connectivity index is 2.27. The fourth-order valence-electron chi connectivity index (χ4n) is 1.57. The van der Waals surface area contributed by atoms with E-state index < -0.39 is 0 Å². The maximum atomic E-state index is 12.2. The summed E-state index contributed by atoms with van der Waals surface area (Å²) >= 11 is 11.7. The molecule has 0 spiro atoms. The fraction of sp³-hybridized carbons (Fsp3) is 0.154. The lowest BCUT2D eigenvalue weighted by Gasteiger charge is -2.08. The van der Waals surface area contributed by atoms with Crippen LogP contribution < -0.4 is 10.1 Å². The molecule has 2 aromatic rings. The lowest BCUT2D eigenvalue weighted by molar-refractivity contribution is 0.102. The SMILES string of the molecule is COc1cc(Cl)nc(NC(=O)c2cc(Cl)ccc2C)n1. The van der Waals surface area contributed by atoms with Crippen molar-refractivity contribution in [1.29, 1.82) is 0 Å². The van der Waals surface area contributed by atoms with E-state index in [4.69, 9.17) is 27.9 Å². The summed E-state index contributed by atoms with van der Waals surface area (Å²) in [6.45, 7) is 1.81. The van der Waals surface area contributed by atoms with Crippen LogP contribution in [-0.2, 0) is 0 Å². The van der Waals surface area contributed by atoms with E-state index >= 15 is 0 Å². The summed E-state index contributed by atoms with van der Waals surface area (Å²) in [7, 11) is 1.45. The molecule has 0 radical (unpaired) electrons. The Hall–Kier alpha value is -1.85. The number of carbonyl (C=O) groups is 1. The van der Waals surface area contributed by atoms with E-state index in [-0.39, 0.29) is 22.9 Å². The first-order valence-electron chi connectivity index (χ1n) is 5.65. The third-order valence-electron chi connectivity index (χ3n) is 2.55. The molecule has 1 aromatic carbocycles. The zero-order valence-electron chi connectivity index (χ0n) is 10.8. The van der Waals surface area contributed by atoms with Gasteiger partial charge in [-0.2, -0.15) is 4.98 Å². The van der Waals surface area contributed by atoms with Crippen molar-refractivity contribution >= 4 is 35.1 Å². The Bertz CT molecular complexity index is 662. The first-order chi connectivity index (χ1) is 9.49. The minimum atomic E-state index is -0.366. The van der Waals surface area contributed by atoms with Crippen molar-refractivity contribution in [2.24, 2.45) is 0 Å². The molecule has 1 N–H and O–H groups in total. The lowest BCUT2D eigenvalue weighted by Crippen LogP contribution is -2.15. The van der Waals surface area contributed by atoms with Gasteiger partial charge in [0.05, 0.1) is 7.11 Å². The van der Waals surface area contributed by atoms with Crippen LogP contribution in [0.4, 0.5) is 5.95 Å². The number of aromatic nitrogens is 2. The smallest absolute Gasteiger partial charge is 0.258 e. The van der Waals surface area contributed by atoms with Crippen molar-refractivity contribution in [3.63, 3.8) is 0 Å². The zero-order valence-corrected chi connectivity index (χ0v) is 12.3. The average Bonchev–Trinajstić information content (AvgIpc) is 2.40. The number of rotatable bonds is 3. The molecule has 2 rings (SSSR count). The number of nitrogens with one attached hydrogen (secondary N) is 1. The zero-order chi connectivity index (χ0) is 14.7. The van der Waals surface area contributed by atoms with Crippen molar-refractivity contribution in [1.82, 2.24) is 9.97 Å². The molecule has 0 saturated carbocycles. The van der Waals surface area contributed by atoms with E-state index in [1.165, 1.54) is 13.2 Å². The standard InChI is InChI=1S/C13H11Cl2N3O2/c1-7-3-4-8(14)5-9(7)12(19)18-13-16-10(15)6-11(17-13)20-2/h3-6H,1-2H3,(H,16,17,18,19). The molecule has 0 aliphatic heterocycles. The molecule has 0 saturated heterocycles. The lowest BCUT2D eigenvalue weighted by atomic mass is 10.1. The number of ether oxygens (including phenoxy) is 1.